The minimum atomic E-state index is -0.439. The molecule has 5 nitrogen and oxygen atoms in total. The van der Waals surface area contributed by atoms with E-state index in [4.69, 9.17) is 5.73 Å². The first-order chi connectivity index (χ1) is 11.1. The molecule has 122 valence electrons. The average molecular weight is 334 g/mol. The number of halogens is 1. The maximum atomic E-state index is 13.2. The van der Waals surface area contributed by atoms with E-state index < -0.39 is 5.82 Å². The molecule has 0 atom stereocenters. The van der Waals surface area contributed by atoms with Gasteiger partial charge >= 0.3 is 0 Å². The number of nitrogens with two attached hydrogens (primary N) is 1. The fourth-order valence-electron chi connectivity index (χ4n) is 2.66. The van der Waals surface area contributed by atoms with Gasteiger partial charge in [-0.3, -0.25) is 4.79 Å². The Bertz CT molecular complexity index is 697. The van der Waals surface area contributed by atoms with Crippen LogP contribution in [0.1, 0.15) is 27.5 Å². The number of hydrogen-bond acceptors (Lipinski definition) is 5. The molecule has 1 aliphatic heterocycles. The van der Waals surface area contributed by atoms with Gasteiger partial charge < -0.3 is 16.4 Å². The van der Waals surface area contributed by atoms with Gasteiger partial charge in [0.2, 0.25) is 0 Å². The van der Waals surface area contributed by atoms with Crippen molar-refractivity contribution in [1.82, 2.24) is 10.3 Å². The largest absolute Gasteiger partial charge is 0.397 e. The monoisotopic (exact) mass is 334 g/mol. The molecule has 1 amide bonds. The molecule has 1 aliphatic rings. The fraction of sp³-hybridized carbons (Fsp3) is 0.375. The zero-order chi connectivity index (χ0) is 16.2. The predicted octanol–water partition coefficient (Wildman–Crippen LogP) is 2.66. The van der Waals surface area contributed by atoms with Crippen molar-refractivity contribution in [3.63, 3.8) is 0 Å². The zero-order valence-electron chi connectivity index (χ0n) is 12.6. The Kier molecular flexibility index (Phi) is 4.88. The van der Waals surface area contributed by atoms with E-state index >= 15 is 0 Å². The van der Waals surface area contributed by atoms with E-state index in [-0.39, 0.29) is 11.6 Å². The third-order valence-corrected chi connectivity index (χ3v) is 4.98. The van der Waals surface area contributed by atoms with Crippen molar-refractivity contribution < 1.29 is 9.18 Å². The lowest BCUT2D eigenvalue weighted by atomic mass is 9.95. The lowest BCUT2D eigenvalue weighted by molar-refractivity contribution is 0.103. The van der Waals surface area contributed by atoms with E-state index in [2.05, 4.69) is 15.6 Å². The summed E-state index contributed by atoms with van der Waals surface area (Å²) in [6.07, 6.45) is 4.76. The van der Waals surface area contributed by atoms with Crippen LogP contribution in [0.15, 0.2) is 24.4 Å². The van der Waals surface area contributed by atoms with Crippen LogP contribution in [0.2, 0.25) is 0 Å². The highest BCUT2D eigenvalue weighted by molar-refractivity contribution is 7.13. The van der Waals surface area contributed by atoms with Crippen molar-refractivity contribution in [2.75, 3.05) is 24.1 Å². The third-order valence-electron chi connectivity index (χ3n) is 3.96. The normalized spacial score (nSPS) is 15.5. The minimum Gasteiger partial charge on any atom is -0.397 e. The standard InChI is InChI=1S/C16H19FN4OS/c17-11-1-2-12(18)13(8-11)21-16(22)14-9-20-15(23-14)7-10-3-5-19-6-4-10/h1-2,8-10,19H,3-7,18H2,(H,21,22). The Balaban J connectivity index is 1.65. The minimum absolute atomic E-state index is 0.281. The van der Waals surface area contributed by atoms with Crippen LogP contribution in [0, 0.1) is 11.7 Å². The first-order valence-electron chi connectivity index (χ1n) is 7.63. The molecule has 23 heavy (non-hydrogen) atoms. The number of benzene rings is 1. The number of anilines is 2. The highest BCUT2D eigenvalue weighted by Crippen LogP contribution is 2.24. The molecule has 0 spiro atoms. The SMILES string of the molecule is Nc1ccc(F)cc1NC(=O)c1cnc(CC2CCNCC2)s1. The van der Waals surface area contributed by atoms with E-state index in [0.717, 1.165) is 37.4 Å². The summed E-state index contributed by atoms with van der Waals surface area (Å²) in [5.41, 5.74) is 6.36. The molecule has 0 bridgehead atoms. The number of nitrogens with one attached hydrogen (secondary N) is 2. The number of nitrogen functional groups attached to an aromatic ring is 1. The number of thiazole rings is 1. The van der Waals surface area contributed by atoms with Gasteiger partial charge in [-0.2, -0.15) is 0 Å². The summed E-state index contributed by atoms with van der Waals surface area (Å²) >= 11 is 1.39. The molecular weight excluding hydrogens is 315 g/mol. The number of aromatic nitrogens is 1. The second-order valence-electron chi connectivity index (χ2n) is 5.70. The highest BCUT2D eigenvalue weighted by Gasteiger charge is 2.17. The molecule has 0 aliphatic carbocycles. The van der Waals surface area contributed by atoms with Crippen LogP contribution in [0.4, 0.5) is 15.8 Å². The molecule has 3 rings (SSSR count). The van der Waals surface area contributed by atoms with Crippen molar-refractivity contribution in [1.29, 1.82) is 0 Å². The van der Waals surface area contributed by atoms with E-state index in [0.29, 0.717) is 16.5 Å². The van der Waals surface area contributed by atoms with E-state index in [1.54, 1.807) is 6.20 Å². The molecule has 1 fully saturated rings. The van der Waals surface area contributed by atoms with Gasteiger partial charge in [-0.25, -0.2) is 9.37 Å². The molecule has 1 aromatic heterocycles. The first-order valence-corrected chi connectivity index (χ1v) is 8.45. The van der Waals surface area contributed by atoms with E-state index in [1.165, 1.54) is 29.5 Å². The van der Waals surface area contributed by atoms with Crippen LogP contribution < -0.4 is 16.4 Å². The number of carbonyl (C=O) groups is 1. The quantitative estimate of drug-likeness (QED) is 0.751. The Labute approximate surface area is 138 Å². The van der Waals surface area contributed by atoms with Crippen LogP contribution in [0.3, 0.4) is 0 Å². The Morgan fingerprint density at radius 2 is 2.22 bits per heavy atom. The van der Waals surface area contributed by atoms with Crippen LogP contribution in [0.25, 0.3) is 0 Å². The smallest absolute Gasteiger partial charge is 0.267 e. The number of hydrogen-bond donors (Lipinski definition) is 3. The maximum Gasteiger partial charge on any atom is 0.267 e. The number of carbonyl (C=O) groups excluding carboxylic acids is 1. The van der Waals surface area contributed by atoms with Crippen molar-refractivity contribution in [3.05, 3.63) is 40.1 Å². The lowest BCUT2D eigenvalue weighted by Crippen LogP contribution is -2.28. The number of piperidine rings is 1. The summed E-state index contributed by atoms with van der Waals surface area (Å²) in [5, 5.41) is 6.95. The molecule has 2 aromatic rings. The number of rotatable bonds is 4. The van der Waals surface area contributed by atoms with Crippen LogP contribution in [0.5, 0.6) is 0 Å². The number of amides is 1. The Hall–Kier alpha value is -1.99. The van der Waals surface area contributed by atoms with Crippen molar-refractivity contribution in [2.24, 2.45) is 5.92 Å². The Morgan fingerprint density at radius 3 is 3.00 bits per heavy atom. The van der Waals surface area contributed by atoms with Gasteiger partial charge in [0.15, 0.2) is 0 Å². The molecule has 1 aromatic carbocycles. The predicted molar refractivity (Wildman–Crippen MR) is 90.2 cm³/mol. The van der Waals surface area contributed by atoms with Crippen LogP contribution >= 0.6 is 11.3 Å². The summed E-state index contributed by atoms with van der Waals surface area (Å²) in [6.45, 7) is 2.09. The highest BCUT2D eigenvalue weighted by atomic mass is 32.1. The lowest BCUT2D eigenvalue weighted by Gasteiger charge is -2.21. The summed E-state index contributed by atoms with van der Waals surface area (Å²) in [7, 11) is 0. The molecule has 0 unspecified atom stereocenters. The molecule has 0 saturated carbocycles. The zero-order valence-corrected chi connectivity index (χ0v) is 13.5. The molecular formula is C16H19FN4OS. The van der Waals surface area contributed by atoms with Gasteiger partial charge in [-0.05, 0) is 50.0 Å². The van der Waals surface area contributed by atoms with E-state index in [1.807, 2.05) is 0 Å². The molecule has 4 N–H and O–H groups in total. The van der Waals surface area contributed by atoms with Crippen molar-refractivity contribution in [3.8, 4) is 0 Å². The van der Waals surface area contributed by atoms with Gasteiger partial charge in [-0.1, -0.05) is 0 Å². The van der Waals surface area contributed by atoms with Gasteiger partial charge in [0.05, 0.1) is 22.6 Å². The molecule has 0 radical (unpaired) electrons. The molecule has 7 heteroatoms. The van der Waals surface area contributed by atoms with Crippen LogP contribution in [-0.4, -0.2) is 24.0 Å². The van der Waals surface area contributed by atoms with Crippen molar-refractivity contribution in [2.45, 2.75) is 19.3 Å². The average Bonchev–Trinajstić information content (AvgIpc) is 3.00. The van der Waals surface area contributed by atoms with Gasteiger partial charge in [0, 0.05) is 6.42 Å². The summed E-state index contributed by atoms with van der Waals surface area (Å²) < 4.78 is 13.2. The first kappa shape index (κ1) is 15.9. The fourth-order valence-corrected chi connectivity index (χ4v) is 3.59. The summed E-state index contributed by atoms with van der Waals surface area (Å²) in [4.78, 5) is 17.1. The number of nitrogens with zero attached hydrogens (tertiary/aromatic N) is 1. The van der Waals surface area contributed by atoms with Crippen LogP contribution in [-0.2, 0) is 6.42 Å². The topological polar surface area (TPSA) is 80.0 Å². The maximum absolute atomic E-state index is 13.2. The molecule has 2 heterocycles. The van der Waals surface area contributed by atoms with Gasteiger partial charge in [0.25, 0.3) is 5.91 Å². The summed E-state index contributed by atoms with van der Waals surface area (Å²) in [5.74, 6) is -0.126. The third kappa shape index (κ3) is 4.05. The second-order valence-corrected chi connectivity index (χ2v) is 6.82. The Morgan fingerprint density at radius 1 is 1.43 bits per heavy atom. The van der Waals surface area contributed by atoms with E-state index in [9.17, 15) is 9.18 Å². The second kappa shape index (κ2) is 7.06. The van der Waals surface area contributed by atoms with Crippen molar-refractivity contribution >= 4 is 28.6 Å². The summed E-state index contributed by atoms with van der Waals surface area (Å²) in [6, 6.07) is 3.90. The molecule has 1 saturated heterocycles. The van der Waals surface area contributed by atoms with Gasteiger partial charge in [0.1, 0.15) is 10.7 Å². The van der Waals surface area contributed by atoms with Gasteiger partial charge in [-0.15, -0.1) is 11.3 Å².